The molecule has 0 fully saturated rings. The number of nitrogens with zero attached hydrogens (tertiary/aromatic N) is 4. The summed E-state index contributed by atoms with van der Waals surface area (Å²) in [6.07, 6.45) is 3.27. The van der Waals surface area contributed by atoms with E-state index in [2.05, 4.69) is 20.4 Å². The van der Waals surface area contributed by atoms with Crippen molar-refractivity contribution in [1.29, 1.82) is 0 Å². The second kappa shape index (κ2) is 5.29. The van der Waals surface area contributed by atoms with Crippen molar-refractivity contribution in [2.24, 2.45) is 7.05 Å². The van der Waals surface area contributed by atoms with E-state index in [1.54, 1.807) is 10.9 Å². The van der Waals surface area contributed by atoms with E-state index in [9.17, 15) is 0 Å². The Balaban J connectivity index is 1.93. The van der Waals surface area contributed by atoms with Crippen LogP contribution in [0.3, 0.4) is 0 Å². The summed E-state index contributed by atoms with van der Waals surface area (Å²) >= 11 is 0. The highest BCUT2D eigenvalue weighted by Gasteiger charge is 2.00. The van der Waals surface area contributed by atoms with Crippen LogP contribution in [0.2, 0.25) is 0 Å². The molecule has 0 aliphatic carbocycles. The SMILES string of the molecule is CCOc1ccc(NCc2ncnn2C)cn1. The van der Waals surface area contributed by atoms with Gasteiger partial charge in [0.05, 0.1) is 25.0 Å². The van der Waals surface area contributed by atoms with Gasteiger partial charge in [-0.1, -0.05) is 0 Å². The Kier molecular flexibility index (Phi) is 3.54. The van der Waals surface area contributed by atoms with E-state index >= 15 is 0 Å². The molecule has 0 spiro atoms. The van der Waals surface area contributed by atoms with Crippen LogP contribution in [-0.4, -0.2) is 26.4 Å². The maximum Gasteiger partial charge on any atom is 0.213 e. The molecule has 90 valence electrons. The summed E-state index contributed by atoms with van der Waals surface area (Å²) in [5, 5.41) is 7.21. The van der Waals surface area contributed by atoms with Gasteiger partial charge in [0.15, 0.2) is 0 Å². The number of aryl methyl sites for hydroxylation is 1. The van der Waals surface area contributed by atoms with E-state index < -0.39 is 0 Å². The third-order valence-corrected chi connectivity index (χ3v) is 2.28. The van der Waals surface area contributed by atoms with Crippen molar-refractivity contribution in [1.82, 2.24) is 19.7 Å². The highest BCUT2D eigenvalue weighted by atomic mass is 16.5. The average Bonchev–Trinajstić information content (AvgIpc) is 2.75. The molecule has 6 nitrogen and oxygen atoms in total. The van der Waals surface area contributed by atoms with Crippen LogP contribution in [0.4, 0.5) is 5.69 Å². The highest BCUT2D eigenvalue weighted by Crippen LogP contribution is 2.12. The largest absolute Gasteiger partial charge is 0.478 e. The molecule has 2 aromatic heterocycles. The number of hydrogen-bond donors (Lipinski definition) is 1. The molecule has 0 aliphatic rings. The number of hydrogen-bond acceptors (Lipinski definition) is 5. The van der Waals surface area contributed by atoms with E-state index in [1.807, 2.05) is 26.1 Å². The van der Waals surface area contributed by atoms with Crippen LogP contribution in [0.25, 0.3) is 0 Å². The average molecular weight is 233 g/mol. The van der Waals surface area contributed by atoms with Gasteiger partial charge in [-0.2, -0.15) is 5.10 Å². The molecule has 0 unspecified atom stereocenters. The smallest absolute Gasteiger partial charge is 0.213 e. The fraction of sp³-hybridized carbons (Fsp3) is 0.364. The minimum Gasteiger partial charge on any atom is -0.478 e. The van der Waals surface area contributed by atoms with Crippen molar-refractivity contribution in [3.63, 3.8) is 0 Å². The minimum atomic E-state index is 0.617. The normalized spacial score (nSPS) is 10.2. The first-order valence-electron chi connectivity index (χ1n) is 5.45. The van der Waals surface area contributed by atoms with Crippen molar-refractivity contribution in [2.75, 3.05) is 11.9 Å². The van der Waals surface area contributed by atoms with Gasteiger partial charge in [-0.05, 0) is 13.0 Å². The van der Waals surface area contributed by atoms with E-state index in [1.165, 1.54) is 6.33 Å². The summed E-state index contributed by atoms with van der Waals surface area (Å²) in [5.74, 6) is 1.51. The topological polar surface area (TPSA) is 64.9 Å². The van der Waals surface area contributed by atoms with E-state index in [4.69, 9.17) is 4.74 Å². The molecular weight excluding hydrogens is 218 g/mol. The zero-order valence-electron chi connectivity index (χ0n) is 9.92. The first-order valence-corrected chi connectivity index (χ1v) is 5.45. The van der Waals surface area contributed by atoms with Crippen molar-refractivity contribution >= 4 is 5.69 Å². The summed E-state index contributed by atoms with van der Waals surface area (Å²) < 4.78 is 7.00. The Hall–Kier alpha value is -2.11. The van der Waals surface area contributed by atoms with Crippen LogP contribution in [0.1, 0.15) is 12.7 Å². The van der Waals surface area contributed by atoms with Crippen LogP contribution in [0, 0.1) is 0 Å². The van der Waals surface area contributed by atoms with Gasteiger partial charge in [-0.15, -0.1) is 0 Å². The van der Waals surface area contributed by atoms with Crippen LogP contribution >= 0.6 is 0 Å². The standard InChI is InChI=1S/C11H15N5O/c1-3-17-11-5-4-9(6-13-11)12-7-10-14-8-15-16(10)2/h4-6,8,12H,3,7H2,1-2H3. The lowest BCUT2D eigenvalue weighted by atomic mass is 10.4. The number of ether oxygens (including phenoxy) is 1. The number of aromatic nitrogens is 4. The molecule has 2 aromatic rings. The van der Waals surface area contributed by atoms with Crippen molar-refractivity contribution in [2.45, 2.75) is 13.5 Å². The number of nitrogens with one attached hydrogen (secondary N) is 1. The molecular formula is C11H15N5O. The molecule has 0 saturated heterocycles. The summed E-state index contributed by atoms with van der Waals surface area (Å²) in [5.41, 5.74) is 0.927. The predicted molar refractivity (Wildman–Crippen MR) is 63.7 cm³/mol. The van der Waals surface area contributed by atoms with Gasteiger partial charge in [0.25, 0.3) is 0 Å². The molecule has 6 heteroatoms. The molecule has 0 amide bonds. The number of pyridine rings is 1. The lowest BCUT2D eigenvalue weighted by molar-refractivity contribution is 0.327. The zero-order valence-corrected chi connectivity index (χ0v) is 9.92. The third-order valence-electron chi connectivity index (χ3n) is 2.28. The Labute approximate surface area is 99.7 Å². The molecule has 0 atom stereocenters. The van der Waals surface area contributed by atoms with Gasteiger partial charge in [-0.3, -0.25) is 4.68 Å². The second-order valence-corrected chi connectivity index (χ2v) is 3.47. The molecule has 17 heavy (non-hydrogen) atoms. The molecule has 0 saturated carbocycles. The van der Waals surface area contributed by atoms with Gasteiger partial charge >= 0.3 is 0 Å². The number of rotatable bonds is 5. The van der Waals surface area contributed by atoms with Gasteiger partial charge in [0, 0.05) is 13.1 Å². The quantitative estimate of drug-likeness (QED) is 0.841. The molecule has 0 bridgehead atoms. The van der Waals surface area contributed by atoms with Gasteiger partial charge in [0.2, 0.25) is 5.88 Å². The minimum absolute atomic E-state index is 0.617. The van der Waals surface area contributed by atoms with Crippen LogP contribution < -0.4 is 10.1 Å². The van der Waals surface area contributed by atoms with Crippen molar-refractivity contribution in [3.05, 3.63) is 30.5 Å². The lowest BCUT2D eigenvalue weighted by Crippen LogP contribution is -2.07. The summed E-state index contributed by atoms with van der Waals surface area (Å²) in [7, 11) is 1.86. The lowest BCUT2D eigenvalue weighted by Gasteiger charge is -2.06. The maximum atomic E-state index is 5.26. The number of anilines is 1. The summed E-state index contributed by atoms with van der Waals surface area (Å²) in [4.78, 5) is 8.29. The molecule has 2 heterocycles. The van der Waals surface area contributed by atoms with Crippen molar-refractivity contribution < 1.29 is 4.74 Å². The predicted octanol–water partition coefficient (Wildman–Crippen LogP) is 1.22. The first-order chi connectivity index (χ1) is 8.29. The molecule has 0 aromatic carbocycles. The van der Waals surface area contributed by atoms with Crippen LogP contribution in [0.15, 0.2) is 24.7 Å². The third kappa shape index (κ3) is 2.93. The fourth-order valence-corrected chi connectivity index (χ4v) is 1.38. The fourth-order valence-electron chi connectivity index (χ4n) is 1.38. The Morgan fingerprint density at radius 2 is 2.24 bits per heavy atom. The second-order valence-electron chi connectivity index (χ2n) is 3.47. The van der Waals surface area contributed by atoms with E-state index in [0.29, 0.717) is 19.0 Å². The van der Waals surface area contributed by atoms with E-state index in [-0.39, 0.29) is 0 Å². The van der Waals surface area contributed by atoms with Crippen LogP contribution in [-0.2, 0) is 13.6 Å². The van der Waals surface area contributed by atoms with Crippen molar-refractivity contribution in [3.8, 4) is 5.88 Å². The molecule has 2 rings (SSSR count). The van der Waals surface area contributed by atoms with Gasteiger partial charge in [-0.25, -0.2) is 9.97 Å². The van der Waals surface area contributed by atoms with Gasteiger partial charge in [0.1, 0.15) is 12.2 Å². The molecule has 1 N–H and O–H groups in total. The molecule has 0 aliphatic heterocycles. The Bertz CT molecular complexity index is 465. The Morgan fingerprint density at radius 1 is 1.35 bits per heavy atom. The maximum absolute atomic E-state index is 5.26. The zero-order chi connectivity index (χ0) is 12.1. The van der Waals surface area contributed by atoms with Crippen LogP contribution in [0.5, 0.6) is 5.88 Å². The monoisotopic (exact) mass is 233 g/mol. The summed E-state index contributed by atoms with van der Waals surface area (Å²) in [6, 6.07) is 3.76. The van der Waals surface area contributed by atoms with Gasteiger partial charge < -0.3 is 10.1 Å². The highest BCUT2D eigenvalue weighted by molar-refractivity contribution is 5.41. The van der Waals surface area contributed by atoms with E-state index in [0.717, 1.165) is 11.5 Å². The first kappa shape index (κ1) is 11.4. The summed E-state index contributed by atoms with van der Waals surface area (Å²) in [6.45, 7) is 3.17. The molecule has 0 radical (unpaired) electrons. The Morgan fingerprint density at radius 3 is 2.82 bits per heavy atom.